The zero-order valence-electron chi connectivity index (χ0n) is 12.5. The number of rotatable bonds is 3. The maximum atomic E-state index is 11.4. The van der Waals surface area contributed by atoms with Gasteiger partial charge in [0.1, 0.15) is 0 Å². The first-order valence-corrected chi connectivity index (χ1v) is 7.44. The average molecular weight is 318 g/mol. The summed E-state index contributed by atoms with van der Waals surface area (Å²) in [7, 11) is 0. The first-order chi connectivity index (χ1) is 11.1. The van der Waals surface area contributed by atoms with E-state index in [4.69, 9.17) is 5.11 Å². The van der Waals surface area contributed by atoms with Crippen LogP contribution in [0.25, 0.3) is 10.9 Å². The lowest BCUT2D eigenvalue weighted by Gasteiger charge is -2.38. The van der Waals surface area contributed by atoms with Crippen LogP contribution in [0.3, 0.4) is 0 Å². The van der Waals surface area contributed by atoms with Crippen LogP contribution in [0.1, 0.15) is 6.42 Å². The molecule has 1 aromatic carbocycles. The van der Waals surface area contributed by atoms with Crippen LogP contribution >= 0.6 is 0 Å². The molecule has 1 atom stereocenters. The van der Waals surface area contributed by atoms with Gasteiger partial charge in [0.25, 0.3) is 0 Å². The van der Waals surface area contributed by atoms with Gasteiger partial charge in [-0.15, -0.1) is 0 Å². The van der Waals surface area contributed by atoms with Crippen molar-refractivity contribution in [3.63, 3.8) is 0 Å². The summed E-state index contributed by atoms with van der Waals surface area (Å²) in [6.45, 7) is 1.14. The minimum Gasteiger partial charge on any atom is -0.465 e. The van der Waals surface area contributed by atoms with E-state index in [1.54, 1.807) is 6.20 Å². The quantitative estimate of drug-likeness (QED) is 0.898. The Kier molecular flexibility index (Phi) is 4.05. The van der Waals surface area contributed by atoms with Gasteiger partial charge in [-0.05, 0) is 12.5 Å². The highest BCUT2D eigenvalue weighted by Gasteiger charge is 2.32. The van der Waals surface area contributed by atoms with Crippen LogP contribution in [-0.4, -0.2) is 67.7 Å². The summed E-state index contributed by atoms with van der Waals surface area (Å²) in [6.07, 6.45) is 0.270. The number of para-hydroxylation sites is 1. The Bertz CT molecular complexity index is 729. The van der Waals surface area contributed by atoms with Crippen LogP contribution in [0.15, 0.2) is 30.5 Å². The molecule has 0 radical (unpaired) electrons. The Labute approximate surface area is 132 Å². The molecule has 2 aromatic rings. The minimum absolute atomic E-state index is 0.195. The Morgan fingerprint density at radius 2 is 1.96 bits per heavy atom. The Morgan fingerprint density at radius 1 is 1.17 bits per heavy atom. The van der Waals surface area contributed by atoms with E-state index in [2.05, 4.69) is 5.10 Å². The van der Waals surface area contributed by atoms with Gasteiger partial charge in [-0.3, -0.25) is 4.68 Å². The summed E-state index contributed by atoms with van der Waals surface area (Å²) >= 11 is 0. The van der Waals surface area contributed by atoms with Gasteiger partial charge in [-0.25, -0.2) is 9.59 Å². The van der Waals surface area contributed by atoms with Gasteiger partial charge in [0, 0.05) is 31.6 Å². The average Bonchev–Trinajstić information content (AvgIpc) is 2.95. The summed E-state index contributed by atoms with van der Waals surface area (Å²) in [4.78, 5) is 25.1. The van der Waals surface area contributed by atoms with Crippen LogP contribution < -0.4 is 0 Å². The fraction of sp³-hybridized carbons (Fsp3) is 0.400. The molecule has 1 saturated heterocycles. The van der Waals surface area contributed by atoms with Crippen molar-refractivity contribution < 1.29 is 19.8 Å². The van der Waals surface area contributed by atoms with E-state index < -0.39 is 12.2 Å². The number of piperazine rings is 1. The minimum atomic E-state index is -1.01. The molecule has 1 aromatic heterocycles. The predicted octanol–water partition coefficient (Wildman–Crippen LogP) is 1.77. The first kappa shape index (κ1) is 15.1. The van der Waals surface area contributed by atoms with Crippen LogP contribution in [-0.2, 0) is 6.54 Å². The van der Waals surface area contributed by atoms with Gasteiger partial charge in [-0.2, -0.15) is 5.10 Å². The van der Waals surface area contributed by atoms with Gasteiger partial charge in [0.15, 0.2) is 0 Å². The normalized spacial score (nSPS) is 18.3. The summed E-state index contributed by atoms with van der Waals surface area (Å²) in [6, 6.07) is 7.43. The fourth-order valence-electron chi connectivity index (χ4n) is 3.00. The lowest BCUT2D eigenvalue weighted by atomic mass is 10.1. The standard InChI is InChI=1S/C15H18N4O4/c20-14(21)17-7-8-18(15(22)23)12(10-17)5-6-19-13-4-2-1-3-11(13)9-16-19/h1-4,9,12H,5-8,10H2,(H,20,21)(H,22,23)/t12-/m1/s1. The monoisotopic (exact) mass is 318 g/mol. The van der Waals surface area contributed by atoms with Crippen molar-refractivity contribution in [2.24, 2.45) is 0 Å². The smallest absolute Gasteiger partial charge is 0.407 e. The zero-order chi connectivity index (χ0) is 16.4. The van der Waals surface area contributed by atoms with Gasteiger partial charge < -0.3 is 20.0 Å². The van der Waals surface area contributed by atoms with E-state index in [1.165, 1.54) is 9.80 Å². The molecule has 1 aliphatic rings. The van der Waals surface area contributed by atoms with E-state index in [0.717, 1.165) is 10.9 Å². The molecule has 122 valence electrons. The largest absolute Gasteiger partial charge is 0.465 e. The summed E-state index contributed by atoms with van der Waals surface area (Å²) in [5, 5.41) is 23.8. The van der Waals surface area contributed by atoms with Gasteiger partial charge in [0.05, 0.1) is 17.8 Å². The van der Waals surface area contributed by atoms with E-state index in [0.29, 0.717) is 13.0 Å². The summed E-state index contributed by atoms with van der Waals surface area (Å²) < 4.78 is 1.83. The molecule has 0 spiro atoms. The predicted molar refractivity (Wildman–Crippen MR) is 82.5 cm³/mol. The Hall–Kier alpha value is -2.77. The van der Waals surface area contributed by atoms with E-state index >= 15 is 0 Å². The molecule has 1 aliphatic heterocycles. The topological polar surface area (TPSA) is 98.9 Å². The number of hydrogen-bond donors (Lipinski definition) is 2. The van der Waals surface area contributed by atoms with Crippen LogP contribution in [0.4, 0.5) is 9.59 Å². The maximum absolute atomic E-state index is 11.4. The molecule has 1 fully saturated rings. The maximum Gasteiger partial charge on any atom is 0.407 e. The van der Waals surface area contributed by atoms with Crippen molar-refractivity contribution in [3.05, 3.63) is 30.5 Å². The van der Waals surface area contributed by atoms with Crippen LogP contribution in [0.5, 0.6) is 0 Å². The second-order valence-electron chi connectivity index (χ2n) is 5.57. The van der Waals surface area contributed by atoms with E-state index in [9.17, 15) is 14.7 Å². The van der Waals surface area contributed by atoms with Crippen molar-refractivity contribution >= 4 is 23.1 Å². The number of carbonyl (C=O) groups is 2. The molecule has 0 unspecified atom stereocenters. The number of carboxylic acid groups (broad SMARTS) is 2. The molecule has 8 heteroatoms. The number of aryl methyl sites for hydroxylation is 1. The molecule has 0 aliphatic carbocycles. The van der Waals surface area contributed by atoms with Gasteiger partial charge >= 0.3 is 12.2 Å². The molecule has 0 bridgehead atoms. The number of fused-ring (bicyclic) bond motifs is 1. The van der Waals surface area contributed by atoms with Crippen LogP contribution in [0, 0.1) is 0 Å². The zero-order valence-corrected chi connectivity index (χ0v) is 12.5. The molecule has 23 heavy (non-hydrogen) atoms. The van der Waals surface area contributed by atoms with Crippen molar-refractivity contribution in [1.29, 1.82) is 0 Å². The Morgan fingerprint density at radius 3 is 2.70 bits per heavy atom. The fourth-order valence-corrected chi connectivity index (χ4v) is 3.00. The van der Waals surface area contributed by atoms with Crippen molar-refractivity contribution in [2.45, 2.75) is 19.0 Å². The highest BCUT2D eigenvalue weighted by Crippen LogP contribution is 2.17. The highest BCUT2D eigenvalue weighted by atomic mass is 16.4. The SMILES string of the molecule is O=C(O)N1CCN(C(=O)O)[C@H](CCn2ncc3ccccc32)C1. The number of amides is 2. The molecule has 2 amide bonds. The third-order valence-corrected chi connectivity index (χ3v) is 4.22. The second kappa shape index (κ2) is 6.15. The second-order valence-corrected chi connectivity index (χ2v) is 5.57. The first-order valence-electron chi connectivity index (χ1n) is 7.44. The molecular weight excluding hydrogens is 300 g/mol. The van der Waals surface area contributed by atoms with Crippen molar-refractivity contribution in [3.8, 4) is 0 Å². The highest BCUT2D eigenvalue weighted by molar-refractivity contribution is 5.78. The number of hydrogen-bond acceptors (Lipinski definition) is 3. The summed E-state index contributed by atoms with van der Waals surface area (Å²) in [5.74, 6) is 0. The Balaban J connectivity index is 1.73. The molecule has 2 N–H and O–H groups in total. The van der Waals surface area contributed by atoms with Gasteiger partial charge in [-0.1, -0.05) is 18.2 Å². The van der Waals surface area contributed by atoms with E-state index in [-0.39, 0.29) is 25.7 Å². The summed E-state index contributed by atoms with van der Waals surface area (Å²) in [5.41, 5.74) is 0.986. The molecule has 8 nitrogen and oxygen atoms in total. The molecule has 3 rings (SSSR count). The van der Waals surface area contributed by atoms with Crippen molar-refractivity contribution in [1.82, 2.24) is 19.6 Å². The van der Waals surface area contributed by atoms with Gasteiger partial charge in [0.2, 0.25) is 0 Å². The lowest BCUT2D eigenvalue weighted by Crippen LogP contribution is -2.56. The third kappa shape index (κ3) is 3.05. The van der Waals surface area contributed by atoms with E-state index in [1.807, 2.05) is 28.9 Å². The third-order valence-electron chi connectivity index (χ3n) is 4.22. The number of aromatic nitrogens is 2. The molecular formula is C15H18N4O4. The molecule has 2 heterocycles. The van der Waals surface area contributed by atoms with Crippen LogP contribution in [0.2, 0.25) is 0 Å². The molecule has 0 saturated carbocycles. The number of nitrogens with zero attached hydrogens (tertiary/aromatic N) is 4. The lowest BCUT2D eigenvalue weighted by molar-refractivity contribution is 0.0595. The number of benzene rings is 1. The van der Waals surface area contributed by atoms with Crippen molar-refractivity contribution in [2.75, 3.05) is 19.6 Å².